The van der Waals surface area contributed by atoms with Crippen molar-refractivity contribution in [2.75, 3.05) is 13.1 Å². The van der Waals surface area contributed by atoms with E-state index < -0.39 is 0 Å². The number of piperidine rings is 1. The fourth-order valence-corrected chi connectivity index (χ4v) is 3.41. The predicted molar refractivity (Wildman–Crippen MR) is 84.1 cm³/mol. The minimum atomic E-state index is -0.275. The molecule has 1 fully saturated rings. The Hall–Kier alpha value is -1.13. The van der Waals surface area contributed by atoms with E-state index in [1.807, 2.05) is 6.07 Å². The number of para-hydroxylation sites is 1. The Morgan fingerprint density at radius 2 is 2.05 bits per heavy atom. The van der Waals surface area contributed by atoms with E-state index in [0.29, 0.717) is 17.4 Å². The number of aromatic nitrogens is 2. The Morgan fingerprint density at radius 1 is 1.29 bits per heavy atom. The first-order valence-corrected chi connectivity index (χ1v) is 8.18. The monoisotopic (exact) mass is 309 g/mol. The molecule has 0 spiro atoms. The van der Waals surface area contributed by atoms with Crippen molar-refractivity contribution in [1.29, 1.82) is 0 Å². The second-order valence-electron chi connectivity index (χ2n) is 5.83. The highest BCUT2D eigenvalue weighted by molar-refractivity contribution is 6.16. The van der Waals surface area contributed by atoms with Crippen molar-refractivity contribution in [3.8, 4) is 0 Å². The number of benzene rings is 1. The summed E-state index contributed by atoms with van der Waals surface area (Å²) in [6.07, 6.45) is 3.87. The van der Waals surface area contributed by atoms with Crippen LogP contribution in [0.25, 0.3) is 11.0 Å². The van der Waals surface area contributed by atoms with Crippen molar-refractivity contribution in [1.82, 2.24) is 14.5 Å². The van der Waals surface area contributed by atoms with E-state index >= 15 is 0 Å². The third-order valence-electron chi connectivity index (χ3n) is 4.39. The van der Waals surface area contributed by atoms with Crippen LogP contribution in [0.2, 0.25) is 0 Å². The fourth-order valence-electron chi connectivity index (χ4n) is 3.21. The van der Waals surface area contributed by atoms with Gasteiger partial charge in [-0.25, -0.2) is 9.37 Å². The first kappa shape index (κ1) is 14.8. The van der Waals surface area contributed by atoms with Gasteiger partial charge in [0.15, 0.2) is 5.82 Å². The molecule has 5 heteroatoms. The average Bonchev–Trinajstić information content (AvgIpc) is 2.87. The lowest BCUT2D eigenvalue weighted by Crippen LogP contribution is -2.40. The third kappa shape index (κ3) is 2.92. The van der Waals surface area contributed by atoms with E-state index in [2.05, 4.69) is 21.4 Å². The van der Waals surface area contributed by atoms with Crippen LogP contribution in [0.3, 0.4) is 0 Å². The van der Waals surface area contributed by atoms with Gasteiger partial charge >= 0.3 is 0 Å². The van der Waals surface area contributed by atoms with E-state index in [9.17, 15) is 4.39 Å². The van der Waals surface area contributed by atoms with Gasteiger partial charge in [-0.05, 0) is 45.0 Å². The number of rotatable bonds is 4. The topological polar surface area (TPSA) is 21.1 Å². The number of likely N-dealkylation sites (tertiary alicyclic amines) is 1. The van der Waals surface area contributed by atoms with Gasteiger partial charge in [0, 0.05) is 12.6 Å². The lowest BCUT2D eigenvalue weighted by Gasteiger charge is -2.32. The van der Waals surface area contributed by atoms with E-state index in [-0.39, 0.29) is 5.82 Å². The molecular weight excluding hydrogens is 289 g/mol. The van der Waals surface area contributed by atoms with Gasteiger partial charge in [0.25, 0.3) is 0 Å². The lowest BCUT2D eigenvalue weighted by atomic mass is 10.1. The molecule has 0 radical (unpaired) electrons. The number of nitrogens with zero attached hydrogens (tertiary/aromatic N) is 3. The molecule has 21 heavy (non-hydrogen) atoms. The molecule has 1 unspecified atom stereocenters. The van der Waals surface area contributed by atoms with Gasteiger partial charge in [0.05, 0.1) is 11.4 Å². The van der Waals surface area contributed by atoms with Gasteiger partial charge in [-0.1, -0.05) is 12.5 Å². The summed E-state index contributed by atoms with van der Waals surface area (Å²) in [4.78, 5) is 6.87. The molecule has 1 saturated heterocycles. The van der Waals surface area contributed by atoms with Crippen molar-refractivity contribution in [2.24, 2.45) is 0 Å². The molecule has 0 saturated carbocycles. The number of halogens is 2. The van der Waals surface area contributed by atoms with Crippen LogP contribution in [0, 0.1) is 5.82 Å². The van der Waals surface area contributed by atoms with Crippen molar-refractivity contribution in [3.63, 3.8) is 0 Å². The van der Waals surface area contributed by atoms with Gasteiger partial charge in [-0.15, -0.1) is 11.6 Å². The quantitative estimate of drug-likeness (QED) is 0.801. The standard InChI is InChI=1S/C16H21ClFN3/c1-12(20-8-3-2-4-9-20)11-21-14-7-5-6-13(18)16(14)19-15(21)10-17/h5-7,12H,2-4,8-11H2,1H3. The van der Waals surface area contributed by atoms with Crippen LogP contribution < -0.4 is 0 Å². The molecule has 2 aromatic rings. The van der Waals surface area contributed by atoms with Crippen LogP contribution in [-0.4, -0.2) is 33.6 Å². The van der Waals surface area contributed by atoms with Crippen LogP contribution in [0.15, 0.2) is 18.2 Å². The molecule has 0 aliphatic carbocycles. The largest absolute Gasteiger partial charge is 0.325 e. The maximum atomic E-state index is 13.9. The van der Waals surface area contributed by atoms with Gasteiger partial charge in [-0.2, -0.15) is 0 Å². The minimum absolute atomic E-state index is 0.275. The zero-order valence-electron chi connectivity index (χ0n) is 12.4. The highest BCUT2D eigenvalue weighted by Gasteiger charge is 2.20. The highest BCUT2D eigenvalue weighted by atomic mass is 35.5. The number of hydrogen-bond donors (Lipinski definition) is 0. The van der Waals surface area contributed by atoms with Crippen molar-refractivity contribution < 1.29 is 4.39 Å². The van der Waals surface area contributed by atoms with Crippen LogP contribution in [0.1, 0.15) is 32.0 Å². The van der Waals surface area contributed by atoms with Gasteiger partial charge < -0.3 is 4.57 Å². The SMILES string of the molecule is CC(Cn1c(CCl)nc2c(F)cccc21)N1CCCCC1. The summed E-state index contributed by atoms with van der Waals surface area (Å²) in [6.45, 7) is 5.34. The predicted octanol–water partition coefficient (Wildman–Crippen LogP) is 3.79. The summed E-state index contributed by atoms with van der Waals surface area (Å²) >= 11 is 6.01. The number of imidazole rings is 1. The zero-order valence-corrected chi connectivity index (χ0v) is 13.1. The maximum Gasteiger partial charge on any atom is 0.151 e. The smallest absolute Gasteiger partial charge is 0.151 e. The van der Waals surface area contributed by atoms with Crippen LogP contribution in [0.4, 0.5) is 4.39 Å². The highest BCUT2D eigenvalue weighted by Crippen LogP contribution is 2.22. The summed E-state index contributed by atoms with van der Waals surface area (Å²) in [6, 6.07) is 5.52. The van der Waals surface area contributed by atoms with Crippen LogP contribution in [0.5, 0.6) is 0 Å². The van der Waals surface area contributed by atoms with Crippen LogP contribution >= 0.6 is 11.6 Å². The molecule has 1 aromatic heterocycles. The second kappa shape index (κ2) is 6.32. The van der Waals surface area contributed by atoms with Crippen molar-refractivity contribution >= 4 is 22.6 Å². The Labute approximate surface area is 129 Å². The first-order valence-electron chi connectivity index (χ1n) is 7.64. The normalized spacial score (nSPS) is 18.2. The molecule has 1 aromatic carbocycles. The molecule has 114 valence electrons. The summed E-state index contributed by atoms with van der Waals surface area (Å²) in [5.74, 6) is 0.782. The molecule has 1 atom stereocenters. The number of alkyl halides is 1. The molecule has 0 bridgehead atoms. The van der Waals surface area contributed by atoms with E-state index in [1.165, 1.54) is 25.3 Å². The first-order chi connectivity index (χ1) is 10.2. The molecule has 3 rings (SSSR count). The third-order valence-corrected chi connectivity index (χ3v) is 4.63. The summed E-state index contributed by atoms with van der Waals surface area (Å²) in [5.41, 5.74) is 1.27. The summed E-state index contributed by atoms with van der Waals surface area (Å²) in [5, 5.41) is 0. The molecular formula is C16H21ClFN3. The molecule has 3 nitrogen and oxygen atoms in total. The van der Waals surface area contributed by atoms with Gasteiger partial charge in [-0.3, -0.25) is 4.90 Å². The summed E-state index contributed by atoms with van der Waals surface area (Å²) < 4.78 is 16.0. The number of hydrogen-bond acceptors (Lipinski definition) is 2. The number of fused-ring (bicyclic) bond motifs is 1. The summed E-state index contributed by atoms with van der Waals surface area (Å²) in [7, 11) is 0. The van der Waals surface area contributed by atoms with E-state index in [0.717, 1.165) is 31.0 Å². The Balaban J connectivity index is 1.90. The van der Waals surface area contributed by atoms with Gasteiger partial charge in [0.1, 0.15) is 11.3 Å². The Morgan fingerprint density at radius 3 is 2.76 bits per heavy atom. The van der Waals surface area contributed by atoms with Gasteiger partial charge in [0.2, 0.25) is 0 Å². The average molecular weight is 310 g/mol. The van der Waals surface area contributed by atoms with Crippen LogP contribution in [-0.2, 0) is 12.4 Å². The molecule has 0 N–H and O–H groups in total. The zero-order chi connectivity index (χ0) is 14.8. The van der Waals surface area contributed by atoms with Crippen molar-refractivity contribution in [3.05, 3.63) is 29.8 Å². The van der Waals surface area contributed by atoms with E-state index in [4.69, 9.17) is 11.6 Å². The minimum Gasteiger partial charge on any atom is -0.325 e. The Kier molecular flexibility index (Phi) is 4.45. The molecule has 0 amide bonds. The molecule has 2 heterocycles. The molecule has 1 aliphatic rings. The maximum absolute atomic E-state index is 13.9. The molecule has 1 aliphatic heterocycles. The second-order valence-corrected chi connectivity index (χ2v) is 6.09. The fraction of sp³-hybridized carbons (Fsp3) is 0.562. The Bertz CT molecular complexity index is 619. The van der Waals surface area contributed by atoms with Crippen molar-refractivity contribution in [2.45, 2.75) is 44.7 Å². The lowest BCUT2D eigenvalue weighted by molar-refractivity contribution is 0.160. The van der Waals surface area contributed by atoms with E-state index in [1.54, 1.807) is 6.07 Å².